The van der Waals surface area contributed by atoms with Gasteiger partial charge in [-0.05, 0) is 68.7 Å². The van der Waals surface area contributed by atoms with Gasteiger partial charge in [-0.3, -0.25) is 9.40 Å². The van der Waals surface area contributed by atoms with Crippen LogP contribution in [0.15, 0.2) is 35.2 Å². The number of anilines is 1. The molecule has 0 aliphatic rings. The Bertz CT molecular complexity index is 1200. The fourth-order valence-corrected chi connectivity index (χ4v) is 5.22. The summed E-state index contributed by atoms with van der Waals surface area (Å²) in [6.07, 6.45) is 0. The molecule has 3 aromatic rings. The first-order valence-corrected chi connectivity index (χ1v) is 11.4. The van der Waals surface area contributed by atoms with Gasteiger partial charge < -0.3 is 0 Å². The second kappa shape index (κ2) is 8.19. The number of aryl methyl sites for hydroxylation is 3. The number of aromatic nitrogens is 2. The van der Waals surface area contributed by atoms with E-state index >= 15 is 0 Å². The molecule has 1 aromatic heterocycles. The Morgan fingerprint density at radius 2 is 1.66 bits per heavy atom. The molecule has 0 amide bonds. The van der Waals surface area contributed by atoms with E-state index in [0.717, 1.165) is 5.56 Å². The molecule has 0 spiro atoms. The topological polar surface area (TPSA) is 64.0 Å². The molecule has 0 saturated carbocycles. The van der Waals surface area contributed by atoms with Crippen molar-refractivity contribution in [3.63, 3.8) is 0 Å². The molecule has 0 atom stereocenters. The second-order valence-electron chi connectivity index (χ2n) is 6.91. The number of hydrogen-bond donors (Lipinski definition) is 1. The van der Waals surface area contributed by atoms with Crippen LogP contribution in [0.1, 0.15) is 28.1 Å². The molecular formula is C20H20Cl3N3O2S. The van der Waals surface area contributed by atoms with E-state index in [1.54, 1.807) is 49.7 Å². The van der Waals surface area contributed by atoms with Gasteiger partial charge in [0.25, 0.3) is 10.0 Å². The van der Waals surface area contributed by atoms with Gasteiger partial charge in [0.15, 0.2) is 0 Å². The highest BCUT2D eigenvalue weighted by Crippen LogP contribution is 2.29. The van der Waals surface area contributed by atoms with E-state index in [2.05, 4.69) is 9.82 Å². The highest BCUT2D eigenvalue weighted by atomic mass is 35.5. The van der Waals surface area contributed by atoms with E-state index in [4.69, 9.17) is 34.8 Å². The maximum absolute atomic E-state index is 13.0. The third-order valence-corrected chi connectivity index (χ3v) is 7.18. The van der Waals surface area contributed by atoms with Gasteiger partial charge >= 0.3 is 0 Å². The van der Waals surface area contributed by atoms with Gasteiger partial charge in [0.05, 0.1) is 28.5 Å². The van der Waals surface area contributed by atoms with Gasteiger partial charge in [0.1, 0.15) is 0 Å². The van der Waals surface area contributed by atoms with Gasteiger partial charge in [-0.15, -0.1) is 0 Å². The third-order valence-electron chi connectivity index (χ3n) is 4.70. The van der Waals surface area contributed by atoms with E-state index < -0.39 is 10.0 Å². The highest BCUT2D eigenvalue weighted by molar-refractivity contribution is 7.92. The molecule has 29 heavy (non-hydrogen) atoms. The zero-order chi connectivity index (χ0) is 21.5. The molecule has 0 aliphatic heterocycles. The summed E-state index contributed by atoms with van der Waals surface area (Å²) in [6, 6.07) is 8.47. The maximum Gasteiger partial charge on any atom is 0.262 e. The number of nitrogens with one attached hydrogen (secondary N) is 1. The van der Waals surface area contributed by atoms with Gasteiger partial charge in [-0.2, -0.15) is 5.10 Å². The summed E-state index contributed by atoms with van der Waals surface area (Å²) in [5.41, 5.74) is 3.80. The number of rotatable bonds is 5. The standard InChI is InChI=1S/C20H20Cl3N3O2S/c1-11-8-19(12(2)7-17(11)22)29(27,28)25-20-13(3)24-26(14(20)4)10-15-5-6-16(21)9-18(15)23/h5-9,25H,10H2,1-4H3. The molecule has 0 saturated heterocycles. The molecule has 1 N–H and O–H groups in total. The van der Waals surface area contributed by atoms with Crippen LogP contribution in [0, 0.1) is 27.7 Å². The van der Waals surface area contributed by atoms with Crippen LogP contribution in [-0.4, -0.2) is 18.2 Å². The minimum atomic E-state index is -3.81. The van der Waals surface area contributed by atoms with E-state index in [1.807, 2.05) is 13.0 Å². The number of benzene rings is 2. The lowest BCUT2D eigenvalue weighted by Gasteiger charge is -2.13. The summed E-state index contributed by atoms with van der Waals surface area (Å²) >= 11 is 18.3. The smallest absolute Gasteiger partial charge is 0.262 e. The van der Waals surface area contributed by atoms with Crippen molar-refractivity contribution in [2.75, 3.05) is 4.72 Å². The van der Waals surface area contributed by atoms with Crippen molar-refractivity contribution in [3.05, 3.63) is 73.5 Å². The van der Waals surface area contributed by atoms with Crippen molar-refractivity contribution < 1.29 is 8.42 Å². The molecule has 9 heteroatoms. The van der Waals surface area contributed by atoms with Crippen molar-refractivity contribution in [3.8, 4) is 0 Å². The monoisotopic (exact) mass is 471 g/mol. The molecule has 0 bridgehead atoms. The minimum Gasteiger partial charge on any atom is -0.276 e. The van der Waals surface area contributed by atoms with Crippen LogP contribution in [0.3, 0.4) is 0 Å². The van der Waals surface area contributed by atoms with Gasteiger partial charge in [-0.1, -0.05) is 40.9 Å². The zero-order valence-corrected chi connectivity index (χ0v) is 19.4. The predicted molar refractivity (Wildman–Crippen MR) is 119 cm³/mol. The van der Waals surface area contributed by atoms with Gasteiger partial charge in [0.2, 0.25) is 0 Å². The fraction of sp³-hybridized carbons (Fsp3) is 0.250. The highest BCUT2D eigenvalue weighted by Gasteiger charge is 2.22. The van der Waals surface area contributed by atoms with Crippen molar-refractivity contribution in [1.29, 1.82) is 0 Å². The molecule has 5 nitrogen and oxygen atoms in total. The van der Waals surface area contributed by atoms with Crippen molar-refractivity contribution in [2.45, 2.75) is 39.1 Å². The lowest BCUT2D eigenvalue weighted by atomic mass is 10.2. The van der Waals surface area contributed by atoms with Crippen LogP contribution in [0.25, 0.3) is 0 Å². The number of sulfonamides is 1. The zero-order valence-electron chi connectivity index (χ0n) is 16.3. The van der Waals surface area contributed by atoms with Crippen molar-refractivity contribution in [2.24, 2.45) is 0 Å². The molecule has 0 radical (unpaired) electrons. The molecular weight excluding hydrogens is 453 g/mol. The molecule has 2 aromatic carbocycles. The number of halogens is 3. The van der Waals surface area contributed by atoms with Crippen LogP contribution in [0.5, 0.6) is 0 Å². The van der Waals surface area contributed by atoms with E-state index in [9.17, 15) is 8.42 Å². The Hall–Kier alpha value is -1.73. The first kappa shape index (κ1) is 22.0. The summed E-state index contributed by atoms with van der Waals surface area (Å²) < 4.78 is 30.4. The Labute approximate surface area is 185 Å². The number of nitrogens with zero attached hydrogens (tertiary/aromatic N) is 2. The SMILES string of the molecule is Cc1cc(S(=O)(=O)Nc2c(C)nn(Cc3ccc(Cl)cc3Cl)c2C)c(C)cc1Cl. The Balaban J connectivity index is 1.95. The Morgan fingerprint density at radius 1 is 0.966 bits per heavy atom. The molecule has 0 unspecified atom stereocenters. The lowest BCUT2D eigenvalue weighted by molar-refractivity contribution is 0.600. The summed E-state index contributed by atoms with van der Waals surface area (Å²) in [7, 11) is -3.81. The summed E-state index contributed by atoms with van der Waals surface area (Å²) in [6.45, 7) is 7.44. The molecule has 0 fully saturated rings. The van der Waals surface area contributed by atoms with E-state index in [1.165, 1.54) is 0 Å². The average Bonchev–Trinajstić information content (AvgIpc) is 2.87. The van der Waals surface area contributed by atoms with E-state index in [0.29, 0.717) is 49.8 Å². The largest absolute Gasteiger partial charge is 0.276 e. The Morgan fingerprint density at radius 3 is 2.31 bits per heavy atom. The number of hydrogen-bond acceptors (Lipinski definition) is 3. The Kier molecular flexibility index (Phi) is 6.20. The van der Waals surface area contributed by atoms with Gasteiger partial charge in [-0.25, -0.2) is 8.42 Å². The fourth-order valence-electron chi connectivity index (χ4n) is 3.04. The first-order chi connectivity index (χ1) is 13.5. The summed E-state index contributed by atoms with van der Waals surface area (Å²) in [5, 5.41) is 6.08. The first-order valence-electron chi connectivity index (χ1n) is 8.77. The predicted octanol–water partition coefficient (Wildman–Crippen LogP) is 5.93. The van der Waals surface area contributed by atoms with Crippen LogP contribution in [0.2, 0.25) is 15.1 Å². The van der Waals surface area contributed by atoms with Crippen molar-refractivity contribution >= 4 is 50.5 Å². The van der Waals surface area contributed by atoms with Crippen LogP contribution in [-0.2, 0) is 16.6 Å². The quantitative estimate of drug-likeness (QED) is 0.501. The van der Waals surface area contributed by atoms with Crippen LogP contribution in [0.4, 0.5) is 5.69 Å². The van der Waals surface area contributed by atoms with Crippen molar-refractivity contribution in [1.82, 2.24) is 9.78 Å². The summed E-state index contributed by atoms with van der Waals surface area (Å²) in [5.74, 6) is 0. The van der Waals surface area contributed by atoms with E-state index in [-0.39, 0.29) is 4.90 Å². The van der Waals surface area contributed by atoms with Crippen LogP contribution >= 0.6 is 34.8 Å². The summed E-state index contributed by atoms with van der Waals surface area (Å²) in [4.78, 5) is 0.187. The second-order valence-corrected chi connectivity index (χ2v) is 9.81. The molecule has 154 valence electrons. The van der Waals surface area contributed by atoms with Crippen LogP contribution < -0.4 is 4.72 Å². The maximum atomic E-state index is 13.0. The molecule has 0 aliphatic carbocycles. The van der Waals surface area contributed by atoms with Gasteiger partial charge in [0, 0.05) is 15.1 Å². The third kappa shape index (κ3) is 4.56. The normalized spacial score (nSPS) is 11.7. The molecule has 1 heterocycles. The minimum absolute atomic E-state index is 0.187. The molecule has 3 rings (SSSR count). The average molecular weight is 473 g/mol. The lowest BCUT2D eigenvalue weighted by Crippen LogP contribution is -2.16.